The lowest BCUT2D eigenvalue weighted by atomic mass is 9.97. The van der Waals surface area contributed by atoms with Crippen molar-refractivity contribution < 1.29 is 14.5 Å². The summed E-state index contributed by atoms with van der Waals surface area (Å²) in [5, 5.41) is 10.7. The van der Waals surface area contributed by atoms with Crippen LogP contribution < -0.4 is 0 Å². The number of benzene rings is 1. The third-order valence-corrected chi connectivity index (χ3v) is 5.37. The van der Waals surface area contributed by atoms with Crippen molar-refractivity contribution in [2.24, 2.45) is 5.92 Å². The topological polar surface area (TPSA) is 72.7 Å². The Kier molecular flexibility index (Phi) is 5.78. The minimum atomic E-state index is -0.461. The fourth-order valence-electron chi connectivity index (χ4n) is 2.92. The molecule has 1 aromatic heterocycles. The molecule has 2 heterocycles. The van der Waals surface area contributed by atoms with E-state index in [4.69, 9.17) is 4.74 Å². The lowest BCUT2D eigenvalue weighted by molar-refractivity contribution is -0.380. The Balaban J connectivity index is 1.43. The summed E-state index contributed by atoms with van der Waals surface area (Å²) < 4.78 is 5.79. The number of thiophene rings is 1. The zero-order valence-corrected chi connectivity index (χ0v) is 14.6. The van der Waals surface area contributed by atoms with E-state index in [2.05, 4.69) is 0 Å². The first-order valence-corrected chi connectivity index (χ1v) is 9.10. The van der Waals surface area contributed by atoms with Crippen LogP contribution in [0.2, 0.25) is 0 Å². The van der Waals surface area contributed by atoms with Crippen molar-refractivity contribution in [3.8, 4) is 0 Å². The Morgan fingerprint density at radius 2 is 1.92 bits per heavy atom. The van der Waals surface area contributed by atoms with Crippen LogP contribution in [0.15, 0.2) is 42.5 Å². The van der Waals surface area contributed by atoms with Crippen LogP contribution in [0.25, 0.3) is 0 Å². The first kappa shape index (κ1) is 17.6. The zero-order chi connectivity index (χ0) is 17.6. The molecule has 0 atom stereocenters. The van der Waals surface area contributed by atoms with Gasteiger partial charge in [-0.1, -0.05) is 41.7 Å². The second kappa shape index (κ2) is 8.22. The van der Waals surface area contributed by atoms with Crippen molar-refractivity contribution in [2.75, 3.05) is 19.7 Å². The van der Waals surface area contributed by atoms with Crippen LogP contribution in [-0.4, -0.2) is 35.4 Å². The monoisotopic (exact) mass is 360 g/mol. The molecule has 1 aliphatic rings. The number of piperidine rings is 1. The number of ether oxygens (including phenoxy) is 1. The van der Waals surface area contributed by atoms with Gasteiger partial charge in [-0.15, -0.1) is 0 Å². The highest BCUT2D eigenvalue weighted by Gasteiger charge is 2.25. The van der Waals surface area contributed by atoms with E-state index in [0.717, 1.165) is 29.7 Å². The van der Waals surface area contributed by atoms with Gasteiger partial charge in [-0.2, -0.15) is 0 Å². The molecular weight excluding hydrogens is 340 g/mol. The number of nitrogens with zero attached hydrogens (tertiary/aromatic N) is 2. The van der Waals surface area contributed by atoms with Gasteiger partial charge in [-0.3, -0.25) is 14.9 Å². The summed E-state index contributed by atoms with van der Waals surface area (Å²) in [5.41, 5.74) is 1.16. The fraction of sp³-hybridized carbons (Fsp3) is 0.389. The summed E-state index contributed by atoms with van der Waals surface area (Å²) in [5.74, 6) is 0.340. The van der Waals surface area contributed by atoms with Gasteiger partial charge in [0.05, 0.1) is 16.4 Å². The summed E-state index contributed by atoms with van der Waals surface area (Å²) in [6, 6.07) is 13.0. The van der Waals surface area contributed by atoms with Crippen molar-refractivity contribution in [2.45, 2.75) is 19.4 Å². The summed E-state index contributed by atoms with van der Waals surface area (Å²) in [6.07, 6.45) is 1.79. The molecule has 3 rings (SSSR count). The van der Waals surface area contributed by atoms with Gasteiger partial charge >= 0.3 is 5.00 Å². The van der Waals surface area contributed by atoms with E-state index in [-0.39, 0.29) is 10.9 Å². The molecule has 0 saturated carbocycles. The van der Waals surface area contributed by atoms with Gasteiger partial charge in [-0.25, -0.2) is 0 Å². The summed E-state index contributed by atoms with van der Waals surface area (Å²) in [6.45, 7) is 2.65. The minimum absolute atomic E-state index is 0.00699. The van der Waals surface area contributed by atoms with Crippen LogP contribution in [0.5, 0.6) is 0 Å². The van der Waals surface area contributed by atoms with Gasteiger partial charge in [0.15, 0.2) is 0 Å². The molecule has 0 aliphatic carbocycles. The van der Waals surface area contributed by atoms with E-state index in [9.17, 15) is 14.9 Å². The number of hydrogen-bond donors (Lipinski definition) is 0. The van der Waals surface area contributed by atoms with Crippen LogP contribution in [0.1, 0.15) is 28.1 Å². The van der Waals surface area contributed by atoms with E-state index >= 15 is 0 Å². The number of carbonyl (C=O) groups is 1. The lowest BCUT2D eigenvalue weighted by Crippen LogP contribution is -2.39. The third-order valence-electron chi connectivity index (χ3n) is 4.35. The van der Waals surface area contributed by atoms with Crippen molar-refractivity contribution in [1.29, 1.82) is 0 Å². The molecule has 1 aliphatic heterocycles. The number of hydrogen-bond acceptors (Lipinski definition) is 5. The minimum Gasteiger partial charge on any atom is -0.376 e. The number of rotatable bonds is 6. The Hall–Kier alpha value is -2.25. The lowest BCUT2D eigenvalue weighted by Gasteiger charge is -2.31. The van der Waals surface area contributed by atoms with Crippen LogP contribution >= 0.6 is 11.3 Å². The molecule has 132 valence electrons. The largest absolute Gasteiger partial charge is 0.376 e. The number of carbonyl (C=O) groups excluding carboxylic acids is 1. The zero-order valence-electron chi connectivity index (χ0n) is 13.8. The van der Waals surface area contributed by atoms with Crippen LogP contribution in [0.3, 0.4) is 0 Å². The molecule has 1 aromatic carbocycles. The average Bonchev–Trinajstić information content (AvgIpc) is 3.13. The molecule has 1 amide bonds. The second-order valence-electron chi connectivity index (χ2n) is 6.13. The molecule has 1 fully saturated rings. The first-order chi connectivity index (χ1) is 12.1. The predicted octanol–water partition coefficient (Wildman–Crippen LogP) is 3.73. The van der Waals surface area contributed by atoms with E-state index in [0.29, 0.717) is 37.1 Å². The van der Waals surface area contributed by atoms with Gasteiger partial charge in [0.1, 0.15) is 0 Å². The highest BCUT2D eigenvalue weighted by Crippen LogP contribution is 2.27. The maximum absolute atomic E-state index is 12.4. The van der Waals surface area contributed by atoms with Crippen molar-refractivity contribution in [1.82, 2.24) is 4.90 Å². The van der Waals surface area contributed by atoms with E-state index in [1.165, 1.54) is 6.07 Å². The number of likely N-dealkylation sites (tertiary alicyclic amines) is 1. The summed E-state index contributed by atoms with van der Waals surface area (Å²) in [7, 11) is 0. The predicted molar refractivity (Wildman–Crippen MR) is 95.7 cm³/mol. The Labute approximate surface area is 150 Å². The fourth-order valence-corrected chi connectivity index (χ4v) is 3.71. The Bertz CT molecular complexity index is 724. The molecular formula is C18H20N2O4S. The highest BCUT2D eigenvalue weighted by atomic mass is 32.1. The Morgan fingerprint density at radius 1 is 1.20 bits per heavy atom. The van der Waals surface area contributed by atoms with Gasteiger partial charge in [0.25, 0.3) is 5.91 Å². The molecule has 1 saturated heterocycles. The standard InChI is InChI=1S/C18H20N2O4S/c21-18(16-6-7-17(25-16)20(22)23)19-10-8-15(9-11-19)13-24-12-14-4-2-1-3-5-14/h1-7,15H,8-13H2. The van der Waals surface area contributed by atoms with Crippen molar-refractivity contribution in [3.63, 3.8) is 0 Å². The third kappa shape index (κ3) is 4.64. The molecule has 0 unspecified atom stereocenters. The van der Waals surface area contributed by atoms with E-state index in [1.54, 1.807) is 11.0 Å². The van der Waals surface area contributed by atoms with Gasteiger partial charge in [0, 0.05) is 25.8 Å². The Morgan fingerprint density at radius 3 is 2.56 bits per heavy atom. The van der Waals surface area contributed by atoms with Crippen molar-refractivity contribution >= 4 is 22.2 Å². The molecule has 2 aromatic rings. The van der Waals surface area contributed by atoms with E-state index in [1.807, 2.05) is 30.3 Å². The van der Waals surface area contributed by atoms with Gasteiger partial charge in [0.2, 0.25) is 0 Å². The molecule has 25 heavy (non-hydrogen) atoms. The molecule has 6 nitrogen and oxygen atoms in total. The van der Waals surface area contributed by atoms with Gasteiger partial charge in [-0.05, 0) is 30.4 Å². The number of amides is 1. The molecule has 0 spiro atoms. The van der Waals surface area contributed by atoms with E-state index < -0.39 is 4.92 Å². The highest BCUT2D eigenvalue weighted by molar-refractivity contribution is 7.17. The van der Waals surface area contributed by atoms with Crippen LogP contribution in [0, 0.1) is 16.0 Å². The quantitative estimate of drug-likeness (QED) is 0.581. The summed E-state index contributed by atoms with van der Waals surface area (Å²) >= 11 is 0.940. The maximum Gasteiger partial charge on any atom is 0.324 e. The molecule has 0 N–H and O–H groups in total. The smallest absolute Gasteiger partial charge is 0.324 e. The normalized spacial score (nSPS) is 15.3. The molecule has 0 bridgehead atoms. The average molecular weight is 360 g/mol. The van der Waals surface area contributed by atoms with Crippen LogP contribution in [-0.2, 0) is 11.3 Å². The molecule has 0 radical (unpaired) electrons. The first-order valence-electron chi connectivity index (χ1n) is 8.28. The van der Waals surface area contributed by atoms with Crippen LogP contribution in [0.4, 0.5) is 5.00 Å². The number of nitro groups is 1. The summed E-state index contributed by atoms with van der Waals surface area (Å²) in [4.78, 5) is 24.9. The van der Waals surface area contributed by atoms with Crippen molar-refractivity contribution in [3.05, 3.63) is 63.0 Å². The molecule has 7 heteroatoms. The SMILES string of the molecule is O=C(c1ccc([N+](=O)[O-])s1)N1CCC(COCc2ccccc2)CC1. The maximum atomic E-state index is 12.4. The van der Waals surface area contributed by atoms with Gasteiger partial charge < -0.3 is 9.64 Å². The second-order valence-corrected chi connectivity index (χ2v) is 7.19.